The van der Waals surface area contributed by atoms with E-state index in [4.69, 9.17) is 4.74 Å². The molecule has 0 spiro atoms. The molecule has 5 heteroatoms. The van der Waals surface area contributed by atoms with E-state index >= 15 is 0 Å². The number of fused-ring (bicyclic) bond motifs is 3. The lowest BCUT2D eigenvalue weighted by atomic mass is 9.88. The van der Waals surface area contributed by atoms with Crippen LogP contribution in [0.25, 0.3) is 0 Å². The zero-order valence-corrected chi connectivity index (χ0v) is 16.9. The quantitative estimate of drug-likeness (QED) is 0.625. The van der Waals surface area contributed by atoms with E-state index in [2.05, 4.69) is 33.0 Å². The maximum atomic E-state index is 12.5. The molecule has 0 unspecified atom stereocenters. The summed E-state index contributed by atoms with van der Waals surface area (Å²) in [6.07, 6.45) is 4.53. The third-order valence-electron chi connectivity index (χ3n) is 5.59. The van der Waals surface area contributed by atoms with Crippen molar-refractivity contribution < 1.29 is 9.53 Å². The van der Waals surface area contributed by atoms with Crippen LogP contribution in [-0.2, 0) is 11.2 Å². The van der Waals surface area contributed by atoms with Gasteiger partial charge in [-0.2, -0.15) is 0 Å². The first-order valence-corrected chi connectivity index (χ1v) is 10.2. The van der Waals surface area contributed by atoms with Crippen LogP contribution in [0, 0.1) is 0 Å². The average molecular weight is 407 g/mol. The Morgan fingerprint density at radius 1 is 1.24 bits per heavy atom. The van der Waals surface area contributed by atoms with Crippen molar-refractivity contribution in [1.82, 2.24) is 4.90 Å². The van der Waals surface area contributed by atoms with Crippen LogP contribution in [-0.4, -0.2) is 42.3 Å². The number of aryl methyl sites for hydroxylation is 1. The molecule has 0 radical (unpaired) electrons. The van der Waals surface area contributed by atoms with Gasteiger partial charge in [0.2, 0.25) is 0 Å². The highest BCUT2D eigenvalue weighted by Gasteiger charge is 2.44. The van der Waals surface area contributed by atoms with Crippen LogP contribution in [0.3, 0.4) is 0 Å². The lowest BCUT2D eigenvalue weighted by Crippen LogP contribution is -2.49. The topological polar surface area (TPSA) is 32.8 Å². The molecule has 2 atom stereocenters. The third kappa shape index (κ3) is 3.16. The lowest BCUT2D eigenvalue weighted by Gasteiger charge is -2.39. The van der Waals surface area contributed by atoms with Gasteiger partial charge in [0.15, 0.2) is 0 Å². The Kier molecular flexibility index (Phi) is 4.25. The molecule has 3 aliphatic rings. The maximum absolute atomic E-state index is 12.5. The second kappa shape index (κ2) is 6.19. The number of carbonyl (C=O) groups excluding carboxylic acids is 1. The summed E-state index contributed by atoms with van der Waals surface area (Å²) in [5.74, 6) is 0.394. The van der Waals surface area contributed by atoms with E-state index in [9.17, 15) is 4.79 Å². The van der Waals surface area contributed by atoms with Gasteiger partial charge in [-0.3, -0.25) is 0 Å². The normalized spacial score (nSPS) is 25.3. The summed E-state index contributed by atoms with van der Waals surface area (Å²) >= 11 is 3.70. The summed E-state index contributed by atoms with van der Waals surface area (Å²) in [7, 11) is 0. The Morgan fingerprint density at radius 2 is 2.04 bits per heavy atom. The molecule has 1 saturated heterocycles. The Labute approximate surface area is 158 Å². The molecule has 4 rings (SSSR count). The number of nitrogens with zero attached hydrogens (tertiary/aromatic N) is 2. The van der Waals surface area contributed by atoms with Crippen LogP contribution in [0.15, 0.2) is 16.6 Å². The van der Waals surface area contributed by atoms with Gasteiger partial charge in [-0.25, -0.2) is 4.79 Å². The largest absolute Gasteiger partial charge is 0.444 e. The van der Waals surface area contributed by atoms with Gasteiger partial charge in [0.05, 0.1) is 0 Å². The molecular weight excluding hydrogens is 380 g/mol. The van der Waals surface area contributed by atoms with Gasteiger partial charge in [-0.15, -0.1) is 0 Å². The van der Waals surface area contributed by atoms with Gasteiger partial charge >= 0.3 is 6.09 Å². The SMILES string of the molecule is CC(C)(C)OC(=O)N1CC[C@H]2[C@@H](C1)c1cc(Br)cc3c1N2CCCC3. The van der Waals surface area contributed by atoms with Crippen molar-refractivity contribution in [3.8, 4) is 0 Å². The molecule has 0 saturated carbocycles. The van der Waals surface area contributed by atoms with Crippen molar-refractivity contribution >= 4 is 27.7 Å². The number of rotatable bonds is 0. The summed E-state index contributed by atoms with van der Waals surface area (Å²) < 4.78 is 6.78. The summed E-state index contributed by atoms with van der Waals surface area (Å²) in [6, 6.07) is 5.10. The number of anilines is 1. The van der Waals surface area contributed by atoms with E-state index in [1.165, 1.54) is 29.7 Å². The number of ether oxygens (including phenoxy) is 1. The monoisotopic (exact) mass is 406 g/mol. The molecule has 25 heavy (non-hydrogen) atoms. The maximum Gasteiger partial charge on any atom is 0.410 e. The Hall–Kier alpha value is -1.23. The molecule has 0 aromatic heterocycles. The second-order valence-corrected chi connectivity index (χ2v) is 9.46. The van der Waals surface area contributed by atoms with Gasteiger partial charge in [-0.05, 0) is 69.7 Å². The van der Waals surface area contributed by atoms with Crippen LogP contribution in [0.5, 0.6) is 0 Å². The van der Waals surface area contributed by atoms with Crippen molar-refractivity contribution in [3.05, 3.63) is 27.7 Å². The van der Waals surface area contributed by atoms with Gasteiger partial charge < -0.3 is 14.5 Å². The predicted octanol–water partition coefficient (Wildman–Crippen LogP) is 4.70. The number of amides is 1. The van der Waals surface area contributed by atoms with Crippen molar-refractivity contribution in [3.63, 3.8) is 0 Å². The van der Waals surface area contributed by atoms with Crippen LogP contribution >= 0.6 is 15.9 Å². The number of benzene rings is 1. The minimum absolute atomic E-state index is 0.173. The van der Waals surface area contributed by atoms with E-state index in [1.54, 1.807) is 0 Å². The Morgan fingerprint density at radius 3 is 2.80 bits per heavy atom. The third-order valence-corrected chi connectivity index (χ3v) is 6.05. The standard InChI is InChI=1S/C20H27BrN2O2/c1-20(2,3)25-19(24)22-9-7-17-16(12-22)15-11-14(21)10-13-6-4-5-8-23(17)18(13)15/h10-11,16-17H,4-9,12H2,1-3H3/t16-,17-/m0/s1. The molecule has 3 heterocycles. The van der Waals surface area contributed by atoms with Gasteiger partial charge in [0.25, 0.3) is 0 Å². The fourth-order valence-corrected chi connectivity index (χ4v) is 5.18. The summed E-state index contributed by atoms with van der Waals surface area (Å²) in [5, 5.41) is 0. The van der Waals surface area contributed by atoms with Crippen molar-refractivity contribution in [2.24, 2.45) is 0 Å². The Balaban J connectivity index is 1.64. The molecule has 1 amide bonds. The van der Waals surface area contributed by atoms with E-state index in [1.807, 2.05) is 25.7 Å². The average Bonchev–Trinajstić information content (AvgIpc) is 2.68. The molecule has 0 aliphatic carbocycles. The molecule has 4 nitrogen and oxygen atoms in total. The second-order valence-electron chi connectivity index (χ2n) is 8.54. The van der Waals surface area contributed by atoms with Crippen molar-refractivity contribution in [2.75, 3.05) is 24.5 Å². The lowest BCUT2D eigenvalue weighted by molar-refractivity contribution is 0.0189. The molecule has 0 N–H and O–H groups in total. The number of hydrogen-bond acceptors (Lipinski definition) is 3. The summed E-state index contributed by atoms with van der Waals surface area (Å²) in [6.45, 7) is 8.49. The minimum atomic E-state index is -0.440. The number of piperidine rings is 1. The molecule has 1 aromatic rings. The summed E-state index contributed by atoms with van der Waals surface area (Å²) in [5.41, 5.74) is 3.91. The molecule has 3 aliphatic heterocycles. The van der Waals surface area contributed by atoms with Gasteiger partial charge in [0.1, 0.15) is 5.60 Å². The van der Waals surface area contributed by atoms with Crippen molar-refractivity contribution in [2.45, 2.75) is 64.0 Å². The van der Waals surface area contributed by atoms with Crippen LogP contribution in [0.1, 0.15) is 57.1 Å². The van der Waals surface area contributed by atoms with Gasteiger partial charge in [0, 0.05) is 41.8 Å². The van der Waals surface area contributed by atoms with E-state index < -0.39 is 5.60 Å². The first kappa shape index (κ1) is 17.2. The first-order chi connectivity index (χ1) is 11.8. The molecule has 0 bridgehead atoms. The zero-order chi connectivity index (χ0) is 17.8. The van der Waals surface area contributed by atoms with E-state index in [0.717, 1.165) is 36.9 Å². The number of halogens is 1. The van der Waals surface area contributed by atoms with Crippen molar-refractivity contribution in [1.29, 1.82) is 0 Å². The highest BCUT2D eigenvalue weighted by Crippen LogP contribution is 2.49. The van der Waals surface area contributed by atoms with Crippen LogP contribution in [0.4, 0.5) is 10.5 Å². The zero-order valence-electron chi connectivity index (χ0n) is 15.3. The number of carbonyl (C=O) groups is 1. The van der Waals surface area contributed by atoms with E-state index in [-0.39, 0.29) is 6.09 Å². The number of hydrogen-bond donors (Lipinski definition) is 0. The molecule has 1 aromatic carbocycles. The Bertz CT molecular complexity index is 698. The molecule has 136 valence electrons. The highest BCUT2D eigenvalue weighted by atomic mass is 79.9. The fourth-order valence-electron chi connectivity index (χ4n) is 4.65. The summed E-state index contributed by atoms with van der Waals surface area (Å²) in [4.78, 5) is 17.1. The minimum Gasteiger partial charge on any atom is -0.444 e. The predicted molar refractivity (Wildman–Crippen MR) is 103 cm³/mol. The first-order valence-electron chi connectivity index (χ1n) is 9.40. The molecular formula is C20H27BrN2O2. The smallest absolute Gasteiger partial charge is 0.410 e. The molecule has 1 fully saturated rings. The fraction of sp³-hybridized carbons (Fsp3) is 0.650. The van der Waals surface area contributed by atoms with Gasteiger partial charge in [-0.1, -0.05) is 15.9 Å². The number of likely N-dealkylation sites (tertiary alicyclic amines) is 1. The van der Waals surface area contributed by atoms with Crippen LogP contribution in [0.2, 0.25) is 0 Å². The van der Waals surface area contributed by atoms with Crippen LogP contribution < -0.4 is 4.90 Å². The van der Waals surface area contributed by atoms with E-state index in [0.29, 0.717) is 12.0 Å². The highest BCUT2D eigenvalue weighted by molar-refractivity contribution is 9.10.